The average molecular weight is 454 g/mol. The number of oxime groups is 1. The number of nitrogens with zero attached hydrogens (tertiary/aromatic N) is 1. The van der Waals surface area contributed by atoms with Gasteiger partial charge in [-0.25, -0.2) is 8.42 Å². The zero-order valence-corrected chi connectivity index (χ0v) is 18.8. The molecular weight excluding hydrogens is 430 g/mol. The van der Waals surface area contributed by atoms with Crippen molar-refractivity contribution in [2.75, 3.05) is 12.1 Å². The molecule has 0 radical (unpaired) electrons. The molecule has 1 fully saturated rings. The number of rotatable bonds is 4. The summed E-state index contributed by atoms with van der Waals surface area (Å²) < 4.78 is 24.8. The highest BCUT2D eigenvalue weighted by atomic mass is 35.5. The van der Waals surface area contributed by atoms with Crippen molar-refractivity contribution in [3.63, 3.8) is 0 Å². The summed E-state index contributed by atoms with van der Waals surface area (Å²) in [4.78, 5) is 30.6. The number of aliphatic hydroxyl groups is 1. The second-order valence-electron chi connectivity index (χ2n) is 8.00. The van der Waals surface area contributed by atoms with Gasteiger partial charge >= 0.3 is 0 Å². The highest BCUT2D eigenvalue weighted by Crippen LogP contribution is 2.35. The number of alkyl halides is 1. The molecule has 0 aromatic heterocycles. The molecule has 3 rings (SSSR count). The van der Waals surface area contributed by atoms with Crippen LogP contribution in [-0.4, -0.2) is 49.0 Å². The Hall–Kier alpha value is -2.19. The Morgan fingerprint density at radius 1 is 1.23 bits per heavy atom. The number of halogens is 1. The molecule has 9 heteroatoms. The molecule has 1 aliphatic carbocycles. The van der Waals surface area contributed by atoms with Gasteiger partial charge in [-0.05, 0) is 31.0 Å². The molecule has 1 saturated carbocycles. The van der Waals surface area contributed by atoms with Crippen LogP contribution in [-0.2, 0) is 24.3 Å². The molecule has 1 N–H and O–H groups in total. The minimum atomic E-state index is -3.62. The molecule has 7 nitrogen and oxygen atoms in total. The van der Waals surface area contributed by atoms with Gasteiger partial charge in [0, 0.05) is 35.6 Å². The molecule has 1 aromatic rings. The molecule has 0 spiro atoms. The van der Waals surface area contributed by atoms with Crippen LogP contribution >= 0.6 is 11.6 Å². The summed E-state index contributed by atoms with van der Waals surface area (Å²) in [5.74, 6) is -1.84. The Morgan fingerprint density at radius 2 is 1.83 bits per heavy atom. The van der Waals surface area contributed by atoms with E-state index in [0.29, 0.717) is 29.7 Å². The standard InChI is InChI=1S/C21H24ClNO6S/c1-10-7-11(2)20(25)18(19(10)24)21(26)14-5-6-16(30(4,27)28)17(12(14)3)15-8-13(9-22)29-23-15/h5-6,10-11,13,26H,7-9H2,1-4H3. The van der Waals surface area contributed by atoms with Crippen LogP contribution in [0.15, 0.2) is 27.8 Å². The number of allylic oxidation sites excluding steroid dienone is 1. The van der Waals surface area contributed by atoms with Gasteiger partial charge in [-0.1, -0.05) is 19.0 Å². The number of benzene rings is 1. The van der Waals surface area contributed by atoms with Crippen molar-refractivity contribution in [2.24, 2.45) is 17.0 Å². The highest BCUT2D eigenvalue weighted by Gasteiger charge is 2.38. The second-order valence-corrected chi connectivity index (χ2v) is 10.3. The summed E-state index contributed by atoms with van der Waals surface area (Å²) in [5, 5.41) is 15.0. The van der Waals surface area contributed by atoms with E-state index in [1.807, 2.05) is 0 Å². The van der Waals surface area contributed by atoms with E-state index in [4.69, 9.17) is 16.4 Å². The number of hydrogen-bond donors (Lipinski definition) is 1. The lowest BCUT2D eigenvalue weighted by molar-refractivity contribution is -0.129. The Kier molecular flexibility index (Phi) is 6.11. The summed E-state index contributed by atoms with van der Waals surface area (Å²) >= 11 is 5.83. The average Bonchev–Trinajstić information content (AvgIpc) is 3.14. The van der Waals surface area contributed by atoms with E-state index < -0.39 is 27.2 Å². The fourth-order valence-electron chi connectivity index (χ4n) is 4.00. The first kappa shape index (κ1) is 22.5. The SMILES string of the molecule is Cc1c(C(O)=C2C(=O)C(C)CC(C)C2=O)ccc(S(C)(=O)=O)c1C1=NOC(CCl)C1. The minimum Gasteiger partial charge on any atom is -0.506 e. The molecule has 0 amide bonds. The predicted octanol–water partition coefficient (Wildman–Crippen LogP) is 3.21. The number of ketones is 2. The van der Waals surface area contributed by atoms with Crippen molar-refractivity contribution >= 4 is 44.5 Å². The molecule has 1 aromatic carbocycles. The van der Waals surface area contributed by atoms with Gasteiger partial charge in [0.25, 0.3) is 0 Å². The summed E-state index contributed by atoms with van der Waals surface area (Å²) in [6, 6.07) is 2.77. The zero-order chi connectivity index (χ0) is 22.4. The van der Waals surface area contributed by atoms with Crippen molar-refractivity contribution in [2.45, 2.75) is 44.6 Å². The van der Waals surface area contributed by atoms with E-state index in [9.17, 15) is 23.1 Å². The monoisotopic (exact) mass is 453 g/mol. The maximum absolute atomic E-state index is 12.7. The van der Waals surface area contributed by atoms with Gasteiger partial charge in [0.15, 0.2) is 21.4 Å². The Balaban J connectivity index is 2.24. The quantitative estimate of drug-likeness (QED) is 0.324. The third kappa shape index (κ3) is 3.90. The number of sulfone groups is 1. The number of carbonyl (C=O) groups excluding carboxylic acids is 2. The largest absolute Gasteiger partial charge is 0.506 e. The first-order chi connectivity index (χ1) is 14.0. The molecule has 1 aliphatic heterocycles. The lowest BCUT2D eigenvalue weighted by Crippen LogP contribution is -2.33. The van der Waals surface area contributed by atoms with E-state index in [1.165, 1.54) is 12.1 Å². The molecule has 3 unspecified atom stereocenters. The molecule has 162 valence electrons. The highest BCUT2D eigenvalue weighted by molar-refractivity contribution is 7.90. The third-order valence-electron chi connectivity index (χ3n) is 5.61. The van der Waals surface area contributed by atoms with Crippen LogP contribution in [0.25, 0.3) is 5.76 Å². The summed E-state index contributed by atoms with van der Waals surface area (Å²) in [5.41, 5.74) is 1.07. The van der Waals surface area contributed by atoms with Gasteiger partial charge < -0.3 is 9.94 Å². The van der Waals surface area contributed by atoms with E-state index in [0.717, 1.165) is 6.26 Å². The first-order valence-corrected chi connectivity index (χ1v) is 12.0. The number of aliphatic hydroxyl groups excluding tert-OH is 1. The van der Waals surface area contributed by atoms with Crippen LogP contribution in [0.1, 0.15) is 43.4 Å². The van der Waals surface area contributed by atoms with Crippen LogP contribution in [0, 0.1) is 18.8 Å². The summed E-state index contributed by atoms with van der Waals surface area (Å²) in [6.45, 7) is 5.07. The smallest absolute Gasteiger partial charge is 0.176 e. The van der Waals surface area contributed by atoms with Gasteiger partial charge in [-0.2, -0.15) is 0 Å². The van der Waals surface area contributed by atoms with E-state index in [1.54, 1.807) is 20.8 Å². The van der Waals surface area contributed by atoms with Crippen molar-refractivity contribution < 1.29 is 28.0 Å². The maximum atomic E-state index is 12.7. The molecule has 2 aliphatic rings. The first-order valence-electron chi connectivity index (χ1n) is 9.62. The fraction of sp³-hybridized carbons (Fsp3) is 0.476. The summed E-state index contributed by atoms with van der Waals surface area (Å²) in [6.07, 6.45) is 1.43. The van der Waals surface area contributed by atoms with Crippen LogP contribution in [0.5, 0.6) is 0 Å². The van der Waals surface area contributed by atoms with Crippen molar-refractivity contribution in [1.82, 2.24) is 0 Å². The van der Waals surface area contributed by atoms with Crippen LogP contribution in [0.2, 0.25) is 0 Å². The predicted molar refractivity (Wildman–Crippen MR) is 114 cm³/mol. The Bertz CT molecular complexity index is 1070. The number of Topliss-reactive ketones (excluding diaryl/α,β-unsaturated/α-hetero) is 2. The van der Waals surface area contributed by atoms with E-state index >= 15 is 0 Å². The second kappa shape index (κ2) is 8.15. The van der Waals surface area contributed by atoms with Gasteiger partial charge in [0.1, 0.15) is 17.4 Å². The van der Waals surface area contributed by atoms with Crippen LogP contribution < -0.4 is 0 Å². The zero-order valence-electron chi connectivity index (χ0n) is 17.2. The molecule has 0 saturated heterocycles. The minimum absolute atomic E-state index is 0.0298. The van der Waals surface area contributed by atoms with Gasteiger partial charge in [0.2, 0.25) is 0 Å². The van der Waals surface area contributed by atoms with E-state index in [2.05, 4.69) is 5.16 Å². The van der Waals surface area contributed by atoms with Crippen LogP contribution in [0.3, 0.4) is 0 Å². The fourth-order valence-corrected chi connectivity index (χ4v) is 5.12. The van der Waals surface area contributed by atoms with Crippen LogP contribution in [0.4, 0.5) is 0 Å². The number of carbonyl (C=O) groups is 2. The number of hydrogen-bond acceptors (Lipinski definition) is 7. The van der Waals surface area contributed by atoms with Gasteiger partial charge in [-0.3, -0.25) is 9.59 Å². The Labute approximate surface area is 180 Å². The molecule has 0 bridgehead atoms. The molecule has 30 heavy (non-hydrogen) atoms. The molecule has 1 heterocycles. The van der Waals surface area contributed by atoms with Gasteiger partial charge in [0.05, 0.1) is 16.5 Å². The summed E-state index contributed by atoms with van der Waals surface area (Å²) in [7, 11) is -3.62. The third-order valence-corrected chi connectivity index (χ3v) is 7.09. The lowest BCUT2D eigenvalue weighted by atomic mass is 9.77. The molecular formula is C21H24ClNO6S. The van der Waals surface area contributed by atoms with E-state index in [-0.39, 0.29) is 39.9 Å². The van der Waals surface area contributed by atoms with Crippen molar-refractivity contribution in [3.05, 3.63) is 34.4 Å². The topological polar surface area (TPSA) is 110 Å². The lowest BCUT2D eigenvalue weighted by Gasteiger charge is -2.25. The molecule has 3 atom stereocenters. The normalized spacial score (nSPS) is 24.6. The van der Waals surface area contributed by atoms with Gasteiger partial charge in [-0.15, -0.1) is 11.6 Å². The van der Waals surface area contributed by atoms with Crippen molar-refractivity contribution in [1.29, 1.82) is 0 Å². The maximum Gasteiger partial charge on any atom is 0.176 e. The Morgan fingerprint density at radius 3 is 2.33 bits per heavy atom. The van der Waals surface area contributed by atoms with Crippen molar-refractivity contribution in [3.8, 4) is 0 Å².